The van der Waals surface area contributed by atoms with E-state index in [1.807, 2.05) is 0 Å². The van der Waals surface area contributed by atoms with Gasteiger partial charge in [-0.3, -0.25) is 4.79 Å². The molecule has 1 amide bonds. The first-order valence-electron chi connectivity index (χ1n) is 6.92. The molecule has 1 aliphatic rings. The molecule has 0 unspecified atom stereocenters. The predicted molar refractivity (Wildman–Crippen MR) is 76.8 cm³/mol. The minimum absolute atomic E-state index is 0.0452. The van der Waals surface area contributed by atoms with Gasteiger partial charge in [0.1, 0.15) is 0 Å². The van der Waals surface area contributed by atoms with Gasteiger partial charge in [-0.1, -0.05) is 19.3 Å². The molecule has 0 aromatic carbocycles. The summed E-state index contributed by atoms with van der Waals surface area (Å²) in [6, 6.07) is 0.297. The van der Waals surface area contributed by atoms with Crippen molar-refractivity contribution in [1.29, 1.82) is 0 Å². The standard InChI is InChI=1S/C13H26N2O3S/c1-13(2,19(3,17)18)10-14-9-12(16)15-11-7-5-4-6-8-11/h11,14H,4-10H2,1-3H3,(H,15,16). The first-order valence-corrected chi connectivity index (χ1v) is 8.81. The lowest BCUT2D eigenvalue weighted by molar-refractivity contribution is -0.121. The molecule has 1 aliphatic carbocycles. The van der Waals surface area contributed by atoms with Gasteiger partial charge in [0.2, 0.25) is 5.91 Å². The number of hydrogen-bond donors (Lipinski definition) is 2. The van der Waals surface area contributed by atoms with E-state index in [1.165, 1.54) is 25.5 Å². The Kier molecular flexibility index (Phi) is 5.80. The predicted octanol–water partition coefficient (Wildman–Crippen LogP) is 0.848. The van der Waals surface area contributed by atoms with Crippen LogP contribution in [-0.4, -0.2) is 44.5 Å². The summed E-state index contributed by atoms with van der Waals surface area (Å²) in [5.74, 6) is -0.0452. The summed E-state index contributed by atoms with van der Waals surface area (Å²) in [5.41, 5.74) is 0. The second-order valence-corrected chi connectivity index (χ2v) is 8.69. The van der Waals surface area contributed by atoms with Crippen LogP contribution in [-0.2, 0) is 14.6 Å². The summed E-state index contributed by atoms with van der Waals surface area (Å²) in [4.78, 5) is 11.7. The average molecular weight is 290 g/mol. The third-order valence-electron chi connectivity index (χ3n) is 3.81. The number of carbonyl (C=O) groups is 1. The first kappa shape index (κ1) is 16.4. The van der Waals surface area contributed by atoms with Crippen LogP contribution in [0.15, 0.2) is 0 Å². The molecule has 1 saturated carbocycles. The van der Waals surface area contributed by atoms with E-state index >= 15 is 0 Å². The summed E-state index contributed by atoms with van der Waals surface area (Å²) < 4.78 is 22.2. The molecule has 2 N–H and O–H groups in total. The Balaban J connectivity index is 2.27. The first-order chi connectivity index (χ1) is 8.72. The lowest BCUT2D eigenvalue weighted by Gasteiger charge is -2.24. The number of hydrogen-bond acceptors (Lipinski definition) is 4. The molecule has 6 heteroatoms. The molecule has 0 radical (unpaired) electrons. The fourth-order valence-corrected chi connectivity index (χ4v) is 2.50. The zero-order chi connectivity index (χ0) is 14.5. The van der Waals surface area contributed by atoms with Crippen LogP contribution in [0.3, 0.4) is 0 Å². The maximum atomic E-state index is 11.7. The van der Waals surface area contributed by atoms with Crippen LogP contribution >= 0.6 is 0 Å². The summed E-state index contributed by atoms with van der Waals surface area (Å²) in [6.45, 7) is 3.78. The molecule has 19 heavy (non-hydrogen) atoms. The third-order valence-corrected chi connectivity index (χ3v) is 5.96. The molecule has 5 nitrogen and oxygen atoms in total. The van der Waals surface area contributed by atoms with Gasteiger partial charge in [0.15, 0.2) is 9.84 Å². The molecule has 0 atom stereocenters. The van der Waals surface area contributed by atoms with Crippen molar-refractivity contribution < 1.29 is 13.2 Å². The smallest absolute Gasteiger partial charge is 0.234 e. The highest BCUT2D eigenvalue weighted by atomic mass is 32.2. The van der Waals surface area contributed by atoms with Gasteiger partial charge in [0.05, 0.1) is 11.3 Å². The van der Waals surface area contributed by atoms with Gasteiger partial charge in [-0.05, 0) is 26.7 Å². The van der Waals surface area contributed by atoms with E-state index in [0.29, 0.717) is 6.04 Å². The number of amides is 1. The lowest BCUT2D eigenvalue weighted by atomic mass is 9.95. The number of carbonyl (C=O) groups excluding carboxylic acids is 1. The molecule has 112 valence electrons. The van der Waals surface area contributed by atoms with Gasteiger partial charge < -0.3 is 10.6 Å². The number of nitrogens with one attached hydrogen (secondary N) is 2. The van der Waals surface area contributed by atoms with Crippen LogP contribution in [0.2, 0.25) is 0 Å². The molecule has 0 saturated heterocycles. The van der Waals surface area contributed by atoms with Gasteiger partial charge in [-0.15, -0.1) is 0 Å². The van der Waals surface area contributed by atoms with Crippen LogP contribution < -0.4 is 10.6 Å². The van der Waals surface area contributed by atoms with Crippen LogP contribution in [0.1, 0.15) is 46.0 Å². The largest absolute Gasteiger partial charge is 0.352 e. The van der Waals surface area contributed by atoms with E-state index in [4.69, 9.17) is 0 Å². The average Bonchev–Trinajstić information content (AvgIpc) is 2.28. The summed E-state index contributed by atoms with van der Waals surface area (Å²) in [5, 5.41) is 5.92. The van der Waals surface area contributed by atoms with Gasteiger partial charge in [-0.25, -0.2) is 8.42 Å². The zero-order valence-corrected chi connectivity index (χ0v) is 13.0. The van der Waals surface area contributed by atoms with E-state index in [0.717, 1.165) is 12.8 Å². The maximum absolute atomic E-state index is 11.7. The molecule has 0 spiro atoms. The van der Waals surface area contributed by atoms with Crippen LogP contribution in [0, 0.1) is 0 Å². The summed E-state index contributed by atoms with van der Waals surface area (Å²) >= 11 is 0. The zero-order valence-electron chi connectivity index (χ0n) is 12.2. The van der Waals surface area contributed by atoms with Crippen molar-refractivity contribution in [3.63, 3.8) is 0 Å². The fourth-order valence-electron chi connectivity index (χ4n) is 2.13. The van der Waals surface area contributed by atoms with Crippen LogP contribution in [0.5, 0.6) is 0 Å². The van der Waals surface area contributed by atoms with E-state index < -0.39 is 14.6 Å². The van der Waals surface area contributed by atoms with Gasteiger partial charge in [0, 0.05) is 18.8 Å². The van der Waals surface area contributed by atoms with Crippen molar-refractivity contribution in [2.75, 3.05) is 19.3 Å². The molecular weight excluding hydrogens is 264 g/mol. The topological polar surface area (TPSA) is 75.3 Å². The highest BCUT2D eigenvalue weighted by Gasteiger charge is 2.29. The Bertz CT molecular complexity index is 398. The second kappa shape index (κ2) is 6.70. The Morgan fingerprint density at radius 3 is 2.32 bits per heavy atom. The fraction of sp³-hybridized carbons (Fsp3) is 0.923. The molecule has 0 aliphatic heterocycles. The lowest BCUT2D eigenvalue weighted by Crippen LogP contribution is -2.46. The number of rotatable bonds is 6. The van der Waals surface area contributed by atoms with Crippen LogP contribution in [0.25, 0.3) is 0 Å². The molecule has 1 rings (SSSR count). The second-order valence-electron chi connectivity index (χ2n) is 6.04. The molecule has 0 aromatic heterocycles. The van der Waals surface area contributed by atoms with E-state index in [2.05, 4.69) is 10.6 Å². The van der Waals surface area contributed by atoms with Crippen molar-refractivity contribution in [3.8, 4) is 0 Å². The minimum atomic E-state index is -3.12. The maximum Gasteiger partial charge on any atom is 0.234 e. The van der Waals surface area contributed by atoms with E-state index in [-0.39, 0.29) is 19.0 Å². The van der Waals surface area contributed by atoms with Crippen LogP contribution in [0.4, 0.5) is 0 Å². The van der Waals surface area contributed by atoms with Crippen molar-refractivity contribution >= 4 is 15.7 Å². The normalized spacial score (nSPS) is 18.3. The Morgan fingerprint density at radius 1 is 1.21 bits per heavy atom. The third kappa shape index (κ3) is 5.48. The van der Waals surface area contributed by atoms with E-state index in [9.17, 15) is 13.2 Å². The van der Waals surface area contributed by atoms with E-state index in [1.54, 1.807) is 13.8 Å². The molecule has 0 heterocycles. The van der Waals surface area contributed by atoms with Crippen molar-refractivity contribution in [1.82, 2.24) is 10.6 Å². The molecule has 0 aromatic rings. The van der Waals surface area contributed by atoms with Gasteiger partial charge >= 0.3 is 0 Å². The van der Waals surface area contributed by atoms with Crippen molar-refractivity contribution in [3.05, 3.63) is 0 Å². The summed E-state index contributed by atoms with van der Waals surface area (Å²) in [6.07, 6.45) is 6.95. The van der Waals surface area contributed by atoms with Gasteiger partial charge in [0.25, 0.3) is 0 Å². The van der Waals surface area contributed by atoms with Crippen molar-refractivity contribution in [2.45, 2.75) is 56.7 Å². The molecule has 0 bridgehead atoms. The molecule has 1 fully saturated rings. The monoisotopic (exact) mass is 290 g/mol. The number of sulfone groups is 1. The Hall–Kier alpha value is -0.620. The Labute approximate surface area is 116 Å². The van der Waals surface area contributed by atoms with Gasteiger partial charge in [-0.2, -0.15) is 0 Å². The quantitative estimate of drug-likeness (QED) is 0.760. The highest BCUT2D eigenvalue weighted by molar-refractivity contribution is 7.92. The minimum Gasteiger partial charge on any atom is -0.352 e. The summed E-state index contributed by atoms with van der Waals surface area (Å²) in [7, 11) is -3.12. The van der Waals surface area contributed by atoms with Crippen molar-refractivity contribution in [2.24, 2.45) is 0 Å². The Morgan fingerprint density at radius 2 is 1.79 bits per heavy atom. The molecular formula is C13H26N2O3S. The SMILES string of the molecule is CC(C)(CNCC(=O)NC1CCCCC1)S(C)(=O)=O. The highest BCUT2D eigenvalue weighted by Crippen LogP contribution is 2.17.